The van der Waals surface area contributed by atoms with Crippen LogP contribution in [0.2, 0.25) is 0 Å². The second kappa shape index (κ2) is 10.4. The first-order valence-electron chi connectivity index (χ1n) is 7.85. The molecule has 0 radical (unpaired) electrons. The van der Waals surface area contributed by atoms with Gasteiger partial charge in [0.05, 0.1) is 0 Å². The maximum absolute atomic E-state index is 11.4. The molecule has 0 saturated carbocycles. The highest BCUT2D eigenvalue weighted by molar-refractivity contribution is 8.13. The van der Waals surface area contributed by atoms with Gasteiger partial charge in [-0.3, -0.25) is 0 Å². The third kappa shape index (κ3) is 8.73. The smallest absolute Gasteiger partial charge is 0.421 e. The van der Waals surface area contributed by atoms with E-state index in [-0.39, 0.29) is 0 Å². The van der Waals surface area contributed by atoms with E-state index in [4.69, 9.17) is 0 Å². The molecule has 0 amide bonds. The van der Waals surface area contributed by atoms with Crippen molar-refractivity contribution in [1.82, 2.24) is 0 Å². The molecule has 1 heterocycles. The standard InChI is InChI=1S/C12H20N.C2F6NO4S2/c1-3-4-5-6-9-12-10-7-8-11-13(12)2;3-1(4,5)14(10,11)9-15(12,13)2(6,7)8/h7-8,10-11H,3-6,9H2,1-2H3;/q+1;-1. The van der Waals surface area contributed by atoms with Gasteiger partial charge in [0.1, 0.15) is 7.05 Å². The van der Waals surface area contributed by atoms with Crippen LogP contribution in [0.15, 0.2) is 24.4 Å². The van der Waals surface area contributed by atoms with E-state index in [1.807, 2.05) is 0 Å². The Bertz CT molecular complexity index is 779. The minimum absolute atomic E-state index is 0.778. The topological polar surface area (TPSA) is 86.3 Å². The first-order chi connectivity index (χ1) is 12.5. The summed E-state index contributed by atoms with van der Waals surface area (Å²) >= 11 is 0. The van der Waals surface area contributed by atoms with Crippen LogP contribution >= 0.6 is 0 Å². The first kappa shape index (κ1) is 26.6. The van der Waals surface area contributed by atoms with Crippen molar-refractivity contribution in [2.45, 2.75) is 50.0 Å². The zero-order valence-electron chi connectivity index (χ0n) is 15.0. The number of unbranched alkanes of at least 4 members (excludes halogenated alkanes) is 3. The van der Waals surface area contributed by atoms with Crippen LogP contribution in [0.5, 0.6) is 0 Å². The monoisotopic (exact) mass is 458 g/mol. The summed E-state index contributed by atoms with van der Waals surface area (Å²) in [6, 6.07) is 6.41. The number of aromatic nitrogens is 1. The molecule has 0 N–H and O–H groups in total. The molecule has 1 aromatic heterocycles. The Morgan fingerprint density at radius 2 is 1.39 bits per heavy atom. The van der Waals surface area contributed by atoms with Crippen molar-refractivity contribution in [2.75, 3.05) is 0 Å². The quantitative estimate of drug-likeness (QED) is 0.354. The van der Waals surface area contributed by atoms with Crippen molar-refractivity contribution in [3.63, 3.8) is 0 Å². The largest absolute Gasteiger partial charge is 0.480 e. The molecule has 164 valence electrons. The van der Waals surface area contributed by atoms with Crippen molar-refractivity contribution in [3.8, 4) is 0 Å². The molecule has 14 heteroatoms. The lowest BCUT2D eigenvalue weighted by atomic mass is 10.1. The third-order valence-electron chi connectivity index (χ3n) is 3.23. The number of sulfonamides is 2. The van der Waals surface area contributed by atoms with Gasteiger partial charge in [-0.15, -0.1) is 0 Å². The fraction of sp³-hybridized carbons (Fsp3) is 0.643. The molecule has 0 unspecified atom stereocenters. The molecule has 6 nitrogen and oxygen atoms in total. The molecule has 28 heavy (non-hydrogen) atoms. The summed E-state index contributed by atoms with van der Waals surface area (Å²) in [5.41, 5.74) is -11.0. The minimum Gasteiger partial charge on any atom is -0.421 e. The summed E-state index contributed by atoms with van der Waals surface area (Å²) < 4.78 is 111. The lowest BCUT2D eigenvalue weighted by Crippen LogP contribution is -2.32. The van der Waals surface area contributed by atoms with Crippen LogP contribution in [0, 0.1) is 0 Å². The average molecular weight is 458 g/mol. The number of aryl methyl sites for hydroxylation is 2. The average Bonchev–Trinajstić information content (AvgIpc) is 2.50. The summed E-state index contributed by atoms with van der Waals surface area (Å²) in [5.74, 6) is 0. The van der Waals surface area contributed by atoms with E-state index in [1.54, 1.807) is 0 Å². The summed E-state index contributed by atoms with van der Waals surface area (Å²) in [5, 5.41) is 0. The molecule has 0 aromatic carbocycles. The number of alkyl halides is 6. The van der Waals surface area contributed by atoms with Gasteiger partial charge in [0.2, 0.25) is 0 Å². The van der Waals surface area contributed by atoms with Crippen molar-refractivity contribution < 1.29 is 47.7 Å². The maximum atomic E-state index is 11.4. The summed E-state index contributed by atoms with van der Waals surface area (Å²) in [4.78, 5) is 0. The van der Waals surface area contributed by atoms with Gasteiger partial charge in [-0.2, -0.15) is 26.3 Å². The predicted octanol–water partition coefficient (Wildman–Crippen LogP) is 3.69. The summed E-state index contributed by atoms with van der Waals surface area (Å²) in [6.45, 7) is 2.25. The van der Waals surface area contributed by atoms with Crippen LogP contribution in [0.3, 0.4) is 0 Å². The van der Waals surface area contributed by atoms with Crippen LogP contribution in [-0.2, 0) is 33.5 Å². The maximum Gasteiger partial charge on any atom is 0.480 e. The van der Waals surface area contributed by atoms with Gasteiger partial charge >= 0.3 is 11.0 Å². The molecular weight excluding hydrogens is 438 g/mol. The lowest BCUT2D eigenvalue weighted by molar-refractivity contribution is -0.679. The molecule has 0 spiro atoms. The SMILES string of the molecule is CCCCCCc1cccc[n+]1C.O=S(=O)([N-]S(=O)(=O)C(F)(F)F)C(F)(F)F. The highest BCUT2D eigenvalue weighted by atomic mass is 32.3. The van der Waals surface area contributed by atoms with Crippen molar-refractivity contribution >= 4 is 20.0 Å². The second-order valence-electron chi connectivity index (χ2n) is 5.53. The van der Waals surface area contributed by atoms with Crippen LogP contribution in [0.1, 0.15) is 38.3 Å². The fourth-order valence-corrected chi connectivity index (χ4v) is 3.47. The Labute approximate surface area is 159 Å². The lowest BCUT2D eigenvalue weighted by Gasteiger charge is -2.22. The highest BCUT2D eigenvalue weighted by Crippen LogP contribution is 2.36. The van der Waals surface area contributed by atoms with Gasteiger partial charge in [-0.25, -0.2) is 21.4 Å². The van der Waals surface area contributed by atoms with E-state index in [0.29, 0.717) is 0 Å². The van der Waals surface area contributed by atoms with E-state index >= 15 is 0 Å². The van der Waals surface area contributed by atoms with E-state index < -0.39 is 31.1 Å². The Morgan fingerprint density at radius 1 is 0.893 bits per heavy atom. The van der Waals surface area contributed by atoms with Gasteiger partial charge in [0.15, 0.2) is 31.9 Å². The molecule has 0 saturated heterocycles. The van der Waals surface area contributed by atoms with Crippen molar-refractivity contribution in [3.05, 3.63) is 34.2 Å². The van der Waals surface area contributed by atoms with Gasteiger partial charge in [0.25, 0.3) is 0 Å². The van der Waals surface area contributed by atoms with Gasteiger partial charge < -0.3 is 4.13 Å². The van der Waals surface area contributed by atoms with Crippen LogP contribution in [-0.4, -0.2) is 27.9 Å². The summed E-state index contributed by atoms with van der Waals surface area (Å²) in [6.07, 6.45) is 8.72. The molecule has 0 aliphatic rings. The molecule has 0 bridgehead atoms. The van der Waals surface area contributed by atoms with E-state index in [9.17, 15) is 43.2 Å². The minimum atomic E-state index is -6.72. The van der Waals surface area contributed by atoms with Crippen LogP contribution in [0.25, 0.3) is 4.13 Å². The van der Waals surface area contributed by atoms with E-state index in [0.717, 1.165) is 4.13 Å². The molecule has 1 aromatic rings. The zero-order valence-corrected chi connectivity index (χ0v) is 16.6. The van der Waals surface area contributed by atoms with Crippen LogP contribution in [0.4, 0.5) is 26.3 Å². The van der Waals surface area contributed by atoms with Crippen molar-refractivity contribution in [1.29, 1.82) is 0 Å². The number of nitrogens with zero attached hydrogens (tertiary/aromatic N) is 2. The number of pyridine rings is 1. The Hall–Kier alpha value is -1.41. The van der Waals surface area contributed by atoms with Gasteiger partial charge in [0, 0.05) is 18.6 Å². The highest BCUT2D eigenvalue weighted by Gasteiger charge is 2.46. The fourth-order valence-electron chi connectivity index (χ4n) is 1.77. The molecule has 0 aliphatic carbocycles. The molecule has 0 aliphatic heterocycles. The third-order valence-corrected chi connectivity index (χ3v) is 5.97. The molecule has 0 atom stereocenters. The predicted molar refractivity (Wildman–Crippen MR) is 88.8 cm³/mol. The first-order valence-corrected chi connectivity index (χ1v) is 10.7. The Morgan fingerprint density at radius 3 is 1.79 bits per heavy atom. The van der Waals surface area contributed by atoms with Gasteiger partial charge in [-0.1, -0.05) is 32.3 Å². The van der Waals surface area contributed by atoms with Gasteiger partial charge in [-0.05, 0) is 6.42 Å². The number of rotatable bonds is 7. The van der Waals surface area contributed by atoms with E-state index in [1.165, 1.54) is 37.8 Å². The van der Waals surface area contributed by atoms with Crippen molar-refractivity contribution in [2.24, 2.45) is 7.05 Å². The zero-order chi connectivity index (χ0) is 22.2. The number of hydrogen-bond donors (Lipinski definition) is 0. The molecular formula is C14H20F6N2O4S2. The molecule has 0 fully saturated rings. The summed E-state index contributed by atoms with van der Waals surface area (Å²) in [7, 11) is -11.3. The van der Waals surface area contributed by atoms with Crippen LogP contribution < -0.4 is 4.57 Å². The number of hydrogen-bond acceptors (Lipinski definition) is 4. The second-order valence-corrected chi connectivity index (χ2v) is 8.95. The normalized spacial score (nSPS) is 13.0. The Balaban J connectivity index is 0.000000525. The Kier molecular flexibility index (Phi) is 9.87. The molecule has 1 rings (SSSR count). The van der Waals surface area contributed by atoms with E-state index in [2.05, 4.69) is 42.9 Å². The number of halogens is 6.